The van der Waals surface area contributed by atoms with E-state index in [9.17, 15) is 4.79 Å². The van der Waals surface area contributed by atoms with Crippen LogP contribution in [0.15, 0.2) is 5.10 Å². The fourth-order valence-electron chi connectivity index (χ4n) is 0.313. The molecule has 3 nitrogen and oxygen atoms in total. The summed E-state index contributed by atoms with van der Waals surface area (Å²) in [6.45, 7) is 4.33. The Morgan fingerprint density at radius 3 is 2.89 bits per heavy atom. The number of carbonyl (C=O) groups is 1. The number of nitrogens with zero attached hydrogens (tertiary/aromatic N) is 1. The van der Waals surface area contributed by atoms with Crippen LogP contribution in [0.1, 0.15) is 20.3 Å². The van der Waals surface area contributed by atoms with Crippen LogP contribution in [0.3, 0.4) is 0 Å². The summed E-state index contributed by atoms with van der Waals surface area (Å²) in [5, 5.41) is 3.64. The van der Waals surface area contributed by atoms with Gasteiger partial charge in [-0.2, -0.15) is 5.10 Å². The molecular weight excluding hydrogens is 116 g/mol. The molecule has 0 aromatic rings. The van der Waals surface area contributed by atoms with Crippen molar-refractivity contribution in [2.45, 2.75) is 20.3 Å². The minimum absolute atomic E-state index is 0.0291. The molecule has 9 heavy (non-hydrogen) atoms. The zero-order valence-corrected chi connectivity index (χ0v) is 5.85. The van der Waals surface area contributed by atoms with Gasteiger partial charge >= 0.3 is 0 Å². The van der Waals surface area contributed by atoms with Crippen LogP contribution in [-0.4, -0.2) is 18.5 Å². The van der Waals surface area contributed by atoms with E-state index in [1.807, 2.05) is 6.92 Å². The second kappa shape index (κ2) is 5.28. The quantitative estimate of drug-likeness (QED) is 0.341. The highest BCUT2D eigenvalue weighted by Crippen LogP contribution is 1.68. The van der Waals surface area contributed by atoms with Crippen LogP contribution in [0.4, 0.5) is 0 Å². The molecule has 0 aliphatic carbocycles. The molecule has 0 heterocycles. The van der Waals surface area contributed by atoms with E-state index in [2.05, 4.69) is 10.5 Å². The minimum atomic E-state index is -0.0291. The number of hydrogen-bond donors (Lipinski definition) is 1. The average Bonchev–Trinajstić information content (AvgIpc) is 1.80. The number of Topliss-reactive ketones (excluding diaryl/α,β-unsaturated/α-hetero) is 1. The van der Waals surface area contributed by atoms with E-state index >= 15 is 0 Å². The van der Waals surface area contributed by atoms with Gasteiger partial charge in [0, 0.05) is 13.5 Å². The van der Waals surface area contributed by atoms with Gasteiger partial charge in [-0.3, -0.25) is 4.79 Å². The predicted octanol–water partition coefficient (Wildman–Crippen LogP) is 0.561. The van der Waals surface area contributed by atoms with Gasteiger partial charge in [0.25, 0.3) is 0 Å². The molecule has 1 N–H and O–H groups in total. The highest BCUT2D eigenvalue weighted by Gasteiger charge is 1.79. The lowest BCUT2D eigenvalue weighted by Gasteiger charge is -1.91. The van der Waals surface area contributed by atoms with Crippen LogP contribution >= 0.6 is 0 Å². The summed E-state index contributed by atoms with van der Waals surface area (Å²) in [7, 11) is 0. The van der Waals surface area contributed by atoms with Crippen LogP contribution in [0.2, 0.25) is 0 Å². The summed E-state index contributed by atoms with van der Waals surface area (Å²) in [6, 6.07) is 0. The van der Waals surface area contributed by atoms with Gasteiger partial charge in [-0.05, 0) is 6.42 Å². The maximum atomic E-state index is 10.2. The summed E-state index contributed by atoms with van der Waals surface area (Å²) in [5.74, 6) is -0.0291. The zero-order chi connectivity index (χ0) is 7.11. The molecule has 0 saturated carbocycles. The smallest absolute Gasteiger partial charge is 0.172 e. The van der Waals surface area contributed by atoms with Gasteiger partial charge in [0.2, 0.25) is 0 Å². The van der Waals surface area contributed by atoms with Crippen molar-refractivity contribution < 1.29 is 4.79 Å². The zero-order valence-electron chi connectivity index (χ0n) is 5.85. The van der Waals surface area contributed by atoms with Gasteiger partial charge in [-0.25, -0.2) is 0 Å². The molecular formula is C6H12N2O. The van der Waals surface area contributed by atoms with Crippen LogP contribution in [-0.2, 0) is 4.79 Å². The molecule has 0 spiro atoms. The summed E-state index contributed by atoms with van der Waals surface area (Å²) in [5.41, 5.74) is 2.72. The molecule has 0 rings (SSSR count). The van der Waals surface area contributed by atoms with Crippen molar-refractivity contribution in [1.29, 1.82) is 0 Å². The number of rotatable bonds is 4. The number of ketones is 1. The third kappa shape index (κ3) is 7.14. The Morgan fingerprint density at radius 2 is 2.44 bits per heavy atom. The predicted molar refractivity (Wildman–Crippen MR) is 37.5 cm³/mol. The van der Waals surface area contributed by atoms with Crippen LogP contribution in [0.5, 0.6) is 0 Å². The summed E-state index contributed by atoms with van der Waals surface area (Å²) in [6.07, 6.45) is 2.30. The number of hydrogen-bond acceptors (Lipinski definition) is 3. The van der Waals surface area contributed by atoms with E-state index in [1.165, 1.54) is 13.1 Å². The van der Waals surface area contributed by atoms with Crippen molar-refractivity contribution in [3.05, 3.63) is 0 Å². The van der Waals surface area contributed by atoms with E-state index in [4.69, 9.17) is 0 Å². The first-order chi connectivity index (χ1) is 4.27. The van der Waals surface area contributed by atoms with E-state index in [0.29, 0.717) is 0 Å². The first-order valence-electron chi connectivity index (χ1n) is 3.04. The maximum absolute atomic E-state index is 10.2. The van der Waals surface area contributed by atoms with Crippen molar-refractivity contribution in [3.8, 4) is 0 Å². The maximum Gasteiger partial charge on any atom is 0.172 e. The van der Waals surface area contributed by atoms with Crippen LogP contribution in [0, 0.1) is 0 Å². The number of hydrazone groups is 1. The standard InChI is InChI=1S/C6H12N2O/c1-3-4-7-8-5-6(2)9/h5,7H,3-4H2,1-2H3/b8-5+. The Labute approximate surface area is 55.1 Å². The third-order valence-electron chi connectivity index (χ3n) is 0.699. The molecule has 0 aromatic heterocycles. The molecule has 52 valence electrons. The molecule has 0 atom stereocenters. The highest BCUT2D eigenvalue weighted by atomic mass is 16.1. The van der Waals surface area contributed by atoms with Crippen molar-refractivity contribution in [2.24, 2.45) is 5.10 Å². The Balaban J connectivity index is 3.15. The lowest BCUT2D eigenvalue weighted by molar-refractivity contribution is -0.110. The Kier molecular flexibility index (Phi) is 4.78. The molecule has 0 bridgehead atoms. The molecule has 0 aliphatic heterocycles. The van der Waals surface area contributed by atoms with Crippen LogP contribution < -0.4 is 5.43 Å². The summed E-state index contributed by atoms with van der Waals surface area (Å²) in [4.78, 5) is 10.2. The molecule has 0 saturated heterocycles. The van der Waals surface area contributed by atoms with E-state index < -0.39 is 0 Å². The minimum Gasteiger partial charge on any atom is -0.310 e. The molecule has 3 heteroatoms. The second-order valence-electron chi connectivity index (χ2n) is 1.78. The first-order valence-corrected chi connectivity index (χ1v) is 3.04. The van der Waals surface area contributed by atoms with Crippen LogP contribution in [0.25, 0.3) is 0 Å². The van der Waals surface area contributed by atoms with E-state index in [0.717, 1.165) is 13.0 Å². The summed E-state index contributed by atoms with van der Waals surface area (Å²) < 4.78 is 0. The fourth-order valence-corrected chi connectivity index (χ4v) is 0.313. The topological polar surface area (TPSA) is 41.5 Å². The van der Waals surface area contributed by atoms with Gasteiger partial charge in [-0.1, -0.05) is 6.92 Å². The Bertz CT molecular complexity index is 110. The number of carbonyl (C=O) groups excluding carboxylic acids is 1. The normalized spacial score (nSPS) is 10.0. The van der Waals surface area contributed by atoms with Crippen molar-refractivity contribution in [2.75, 3.05) is 6.54 Å². The van der Waals surface area contributed by atoms with Crippen molar-refractivity contribution >= 4 is 12.0 Å². The van der Waals surface area contributed by atoms with Gasteiger partial charge in [0.1, 0.15) is 0 Å². The molecule has 0 radical (unpaired) electrons. The molecule has 0 amide bonds. The highest BCUT2D eigenvalue weighted by molar-refractivity contribution is 6.26. The summed E-state index contributed by atoms with van der Waals surface area (Å²) >= 11 is 0. The second-order valence-corrected chi connectivity index (χ2v) is 1.78. The van der Waals surface area contributed by atoms with E-state index in [-0.39, 0.29) is 5.78 Å². The monoisotopic (exact) mass is 128 g/mol. The number of nitrogens with one attached hydrogen (secondary N) is 1. The Morgan fingerprint density at radius 1 is 1.78 bits per heavy atom. The lowest BCUT2D eigenvalue weighted by Crippen LogP contribution is -2.07. The molecule has 0 aromatic carbocycles. The average molecular weight is 128 g/mol. The van der Waals surface area contributed by atoms with Crippen molar-refractivity contribution in [3.63, 3.8) is 0 Å². The van der Waals surface area contributed by atoms with E-state index in [1.54, 1.807) is 0 Å². The Hall–Kier alpha value is -0.860. The van der Waals surface area contributed by atoms with Gasteiger partial charge < -0.3 is 5.43 Å². The largest absolute Gasteiger partial charge is 0.310 e. The lowest BCUT2D eigenvalue weighted by atomic mass is 10.5. The van der Waals surface area contributed by atoms with Gasteiger partial charge in [0.15, 0.2) is 5.78 Å². The molecule has 0 aliphatic rings. The fraction of sp³-hybridized carbons (Fsp3) is 0.667. The van der Waals surface area contributed by atoms with Gasteiger partial charge in [0.05, 0.1) is 6.21 Å². The SMILES string of the molecule is CCCN/N=C/C(C)=O. The van der Waals surface area contributed by atoms with Gasteiger partial charge in [-0.15, -0.1) is 0 Å². The molecule has 0 unspecified atom stereocenters. The first kappa shape index (κ1) is 8.14. The third-order valence-corrected chi connectivity index (χ3v) is 0.699. The van der Waals surface area contributed by atoms with Crippen molar-refractivity contribution in [1.82, 2.24) is 5.43 Å². The molecule has 0 fully saturated rings.